The first-order valence-electron chi connectivity index (χ1n) is 4.88. The normalized spacial score (nSPS) is 11.5. The van der Waals surface area contributed by atoms with Crippen molar-refractivity contribution in [3.63, 3.8) is 0 Å². The lowest BCUT2D eigenvalue weighted by atomic mass is 10.1. The van der Waals surface area contributed by atoms with E-state index in [4.69, 9.17) is 16.3 Å². The molecule has 1 N–H and O–H groups in total. The fourth-order valence-electron chi connectivity index (χ4n) is 1.18. The van der Waals surface area contributed by atoms with Gasteiger partial charge in [0, 0.05) is 13.2 Å². The maximum absolute atomic E-state index is 5.90. The van der Waals surface area contributed by atoms with E-state index in [-0.39, 0.29) is 5.60 Å². The Morgan fingerprint density at radius 2 is 2.27 bits per heavy atom. The number of rotatable bonds is 5. The maximum atomic E-state index is 5.90. The smallest absolute Gasteiger partial charge is 0.148 e. The predicted octanol–water partition coefficient (Wildman–Crippen LogP) is 2.36. The summed E-state index contributed by atoms with van der Waals surface area (Å²) in [5.74, 6) is 0.638. The standard InChI is InChI=1S/C10H16ClN3O/c1-4-15-10(2,3)6-13-9-8(11)5-12-7-14-9/h5,7H,4,6H2,1-3H3,(H,12,13,14). The minimum atomic E-state index is -0.233. The fourth-order valence-corrected chi connectivity index (χ4v) is 1.35. The molecule has 0 amide bonds. The summed E-state index contributed by atoms with van der Waals surface area (Å²) in [6.07, 6.45) is 3.02. The highest BCUT2D eigenvalue weighted by atomic mass is 35.5. The molecule has 0 saturated carbocycles. The zero-order chi connectivity index (χ0) is 11.3. The van der Waals surface area contributed by atoms with E-state index in [0.29, 0.717) is 24.0 Å². The molecule has 0 spiro atoms. The van der Waals surface area contributed by atoms with E-state index in [0.717, 1.165) is 0 Å². The van der Waals surface area contributed by atoms with Crippen molar-refractivity contribution in [1.29, 1.82) is 0 Å². The largest absolute Gasteiger partial charge is 0.374 e. The third-order valence-electron chi connectivity index (χ3n) is 1.88. The van der Waals surface area contributed by atoms with E-state index >= 15 is 0 Å². The number of anilines is 1. The van der Waals surface area contributed by atoms with Crippen molar-refractivity contribution in [3.05, 3.63) is 17.5 Å². The lowest BCUT2D eigenvalue weighted by molar-refractivity contribution is 0.000643. The molecule has 84 valence electrons. The minimum Gasteiger partial charge on any atom is -0.374 e. The number of hydrogen-bond acceptors (Lipinski definition) is 4. The Kier molecular flexibility index (Phi) is 4.29. The van der Waals surface area contributed by atoms with Crippen LogP contribution in [0.5, 0.6) is 0 Å². The number of nitrogens with one attached hydrogen (secondary N) is 1. The molecular formula is C10H16ClN3O. The summed E-state index contributed by atoms with van der Waals surface area (Å²) < 4.78 is 5.54. The van der Waals surface area contributed by atoms with E-state index < -0.39 is 0 Å². The van der Waals surface area contributed by atoms with Crippen LogP contribution in [0.2, 0.25) is 5.02 Å². The van der Waals surface area contributed by atoms with Gasteiger partial charge in [-0.25, -0.2) is 9.97 Å². The average Bonchev–Trinajstić information content (AvgIpc) is 2.16. The van der Waals surface area contributed by atoms with Crippen molar-refractivity contribution >= 4 is 17.4 Å². The lowest BCUT2D eigenvalue weighted by Crippen LogP contribution is -2.33. The van der Waals surface area contributed by atoms with Gasteiger partial charge in [-0.15, -0.1) is 0 Å². The van der Waals surface area contributed by atoms with E-state index in [1.54, 1.807) is 6.20 Å². The molecule has 1 aromatic heterocycles. The van der Waals surface area contributed by atoms with Gasteiger partial charge < -0.3 is 10.1 Å². The Morgan fingerprint density at radius 3 is 2.87 bits per heavy atom. The molecule has 5 heteroatoms. The highest BCUT2D eigenvalue weighted by Gasteiger charge is 2.17. The molecule has 15 heavy (non-hydrogen) atoms. The van der Waals surface area contributed by atoms with Crippen LogP contribution >= 0.6 is 11.6 Å². The molecule has 1 rings (SSSR count). The molecule has 4 nitrogen and oxygen atoms in total. The number of halogens is 1. The molecule has 0 bridgehead atoms. The van der Waals surface area contributed by atoms with Crippen LogP contribution in [-0.2, 0) is 4.74 Å². The number of ether oxygens (including phenoxy) is 1. The van der Waals surface area contributed by atoms with E-state index in [9.17, 15) is 0 Å². The van der Waals surface area contributed by atoms with Crippen LogP contribution in [0.25, 0.3) is 0 Å². The van der Waals surface area contributed by atoms with Crippen LogP contribution in [0, 0.1) is 0 Å². The summed E-state index contributed by atoms with van der Waals surface area (Å²) in [5.41, 5.74) is -0.233. The summed E-state index contributed by atoms with van der Waals surface area (Å²) in [6, 6.07) is 0. The van der Waals surface area contributed by atoms with Crippen molar-refractivity contribution in [2.45, 2.75) is 26.4 Å². The second-order valence-electron chi connectivity index (χ2n) is 3.77. The third-order valence-corrected chi connectivity index (χ3v) is 2.16. The number of hydrogen-bond donors (Lipinski definition) is 1. The minimum absolute atomic E-state index is 0.233. The van der Waals surface area contributed by atoms with Gasteiger partial charge >= 0.3 is 0 Å². The SMILES string of the molecule is CCOC(C)(C)CNc1ncncc1Cl. The van der Waals surface area contributed by atoms with Gasteiger partial charge in [-0.1, -0.05) is 11.6 Å². The molecule has 0 unspecified atom stereocenters. The first-order chi connectivity index (χ1) is 7.05. The zero-order valence-corrected chi connectivity index (χ0v) is 10.0. The van der Waals surface area contributed by atoms with Crippen LogP contribution < -0.4 is 5.32 Å². The van der Waals surface area contributed by atoms with Crippen molar-refractivity contribution in [1.82, 2.24) is 9.97 Å². The third kappa shape index (κ3) is 4.01. The van der Waals surface area contributed by atoms with Crippen molar-refractivity contribution in [3.8, 4) is 0 Å². The van der Waals surface area contributed by atoms with Crippen LogP contribution in [0.4, 0.5) is 5.82 Å². The molecular weight excluding hydrogens is 214 g/mol. The van der Waals surface area contributed by atoms with Gasteiger partial charge in [0.25, 0.3) is 0 Å². The van der Waals surface area contributed by atoms with Crippen molar-refractivity contribution in [2.75, 3.05) is 18.5 Å². The molecule has 1 aromatic rings. The maximum Gasteiger partial charge on any atom is 0.148 e. The molecule has 0 atom stereocenters. The molecule has 0 fully saturated rings. The number of nitrogens with zero attached hydrogens (tertiary/aromatic N) is 2. The highest BCUT2D eigenvalue weighted by Crippen LogP contribution is 2.18. The summed E-state index contributed by atoms with van der Waals surface area (Å²) in [4.78, 5) is 7.84. The summed E-state index contributed by atoms with van der Waals surface area (Å²) >= 11 is 5.90. The quantitative estimate of drug-likeness (QED) is 0.842. The van der Waals surface area contributed by atoms with Gasteiger partial charge in [-0.3, -0.25) is 0 Å². The Balaban J connectivity index is 2.53. The second kappa shape index (κ2) is 5.28. The van der Waals surface area contributed by atoms with Crippen LogP contribution in [-0.4, -0.2) is 28.7 Å². The van der Waals surface area contributed by atoms with Crippen LogP contribution in [0.15, 0.2) is 12.5 Å². The molecule has 0 aliphatic rings. The molecule has 0 aliphatic heterocycles. The van der Waals surface area contributed by atoms with E-state index in [2.05, 4.69) is 15.3 Å². The Morgan fingerprint density at radius 1 is 1.53 bits per heavy atom. The van der Waals surface area contributed by atoms with E-state index in [1.807, 2.05) is 20.8 Å². The monoisotopic (exact) mass is 229 g/mol. The zero-order valence-electron chi connectivity index (χ0n) is 9.25. The van der Waals surface area contributed by atoms with Gasteiger partial charge in [0.2, 0.25) is 0 Å². The summed E-state index contributed by atoms with van der Waals surface area (Å²) in [5, 5.41) is 3.65. The first kappa shape index (κ1) is 12.2. The Labute approximate surface area is 95.0 Å². The lowest BCUT2D eigenvalue weighted by Gasteiger charge is -2.25. The molecule has 1 heterocycles. The van der Waals surface area contributed by atoms with Gasteiger partial charge in [0.1, 0.15) is 17.2 Å². The van der Waals surface area contributed by atoms with Crippen molar-refractivity contribution < 1.29 is 4.74 Å². The van der Waals surface area contributed by atoms with Gasteiger partial charge in [0.15, 0.2) is 0 Å². The predicted molar refractivity (Wildman–Crippen MR) is 61.2 cm³/mol. The molecule has 0 aliphatic carbocycles. The number of aromatic nitrogens is 2. The fraction of sp³-hybridized carbons (Fsp3) is 0.600. The Bertz CT molecular complexity index is 317. The topological polar surface area (TPSA) is 47.0 Å². The highest BCUT2D eigenvalue weighted by molar-refractivity contribution is 6.32. The second-order valence-corrected chi connectivity index (χ2v) is 4.17. The molecule has 0 radical (unpaired) electrons. The van der Waals surface area contributed by atoms with Gasteiger partial charge in [0.05, 0.1) is 11.8 Å². The van der Waals surface area contributed by atoms with Crippen molar-refractivity contribution in [2.24, 2.45) is 0 Å². The van der Waals surface area contributed by atoms with Crippen LogP contribution in [0.1, 0.15) is 20.8 Å². The average molecular weight is 230 g/mol. The molecule has 0 saturated heterocycles. The Hall–Kier alpha value is -0.870. The molecule has 0 aromatic carbocycles. The summed E-state index contributed by atoms with van der Waals surface area (Å²) in [6.45, 7) is 7.33. The summed E-state index contributed by atoms with van der Waals surface area (Å²) in [7, 11) is 0. The van der Waals surface area contributed by atoms with Crippen LogP contribution in [0.3, 0.4) is 0 Å². The van der Waals surface area contributed by atoms with Gasteiger partial charge in [-0.2, -0.15) is 0 Å². The van der Waals surface area contributed by atoms with Gasteiger partial charge in [-0.05, 0) is 20.8 Å². The van der Waals surface area contributed by atoms with E-state index in [1.165, 1.54) is 6.33 Å². The first-order valence-corrected chi connectivity index (χ1v) is 5.26.